The van der Waals surface area contributed by atoms with Crippen molar-refractivity contribution in [3.8, 4) is 0 Å². The van der Waals surface area contributed by atoms with E-state index in [0.717, 1.165) is 32.7 Å². The van der Waals surface area contributed by atoms with Crippen LogP contribution in [0, 0.1) is 0 Å². The van der Waals surface area contributed by atoms with Crippen LogP contribution in [-0.2, 0) is 13.1 Å². The Balaban J connectivity index is 2.42. The minimum absolute atomic E-state index is 0.975. The second-order valence-electron chi connectivity index (χ2n) is 5.54. The third-order valence-corrected chi connectivity index (χ3v) is 3.13. The van der Waals surface area contributed by atoms with Crippen LogP contribution in [0.5, 0.6) is 0 Å². The maximum Gasteiger partial charge on any atom is 0.0231 e. The molecule has 0 aliphatic carbocycles. The highest BCUT2D eigenvalue weighted by atomic mass is 15.1. The minimum atomic E-state index is 0.975. The highest BCUT2D eigenvalue weighted by Gasteiger charge is 2.02. The van der Waals surface area contributed by atoms with E-state index in [1.807, 2.05) is 0 Å². The van der Waals surface area contributed by atoms with Gasteiger partial charge in [0.15, 0.2) is 0 Å². The van der Waals surface area contributed by atoms with Crippen LogP contribution in [0.1, 0.15) is 24.5 Å². The number of hydrogen-bond acceptors (Lipinski definition) is 3. The van der Waals surface area contributed by atoms with Crippen molar-refractivity contribution in [3.63, 3.8) is 0 Å². The van der Waals surface area contributed by atoms with Crippen LogP contribution in [-0.4, -0.2) is 50.6 Å². The molecule has 0 spiro atoms. The normalized spacial score (nSPS) is 11.5. The first kappa shape index (κ1) is 16.2. The van der Waals surface area contributed by atoms with Gasteiger partial charge in [0.1, 0.15) is 0 Å². The number of likely N-dealkylation sites (N-methyl/N-ethyl adjacent to an activating group) is 2. The lowest BCUT2D eigenvalue weighted by molar-refractivity contribution is 0.276. The fourth-order valence-corrected chi connectivity index (χ4v) is 2.01. The van der Waals surface area contributed by atoms with Gasteiger partial charge in [-0.3, -0.25) is 0 Å². The van der Waals surface area contributed by atoms with E-state index >= 15 is 0 Å². The molecule has 3 heteroatoms. The molecule has 1 N–H and O–H groups in total. The molecule has 1 aromatic carbocycles. The summed E-state index contributed by atoms with van der Waals surface area (Å²) in [4.78, 5) is 4.60. The van der Waals surface area contributed by atoms with Crippen LogP contribution < -0.4 is 5.32 Å². The van der Waals surface area contributed by atoms with Crippen LogP contribution in [0.2, 0.25) is 0 Å². The highest BCUT2D eigenvalue weighted by molar-refractivity contribution is 5.23. The maximum absolute atomic E-state index is 3.45. The molecule has 0 aliphatic heterocycles. The fraction of sp³-hybridized carbons (Fsp3) is 0.625. The molecule has 0 saturated carbocycles. The van der Waals surface area contributed by atoms with Gasteiger partial charge < -0.3 is 15.1 Å². The summed E-state index contributed by atoms with van der Waals surface area (Å²) in [5.74, 6) is 0. The first-order valence-electron chi connectivity index (χ1n) is 7.23. The number of rotatable bonds is 9. The van der Waals surface area contributed by atoms with Crippen molar-refractivity contribution in [1.82, 2.24) is 15.1 Å². The predicted molar refractivity (Wildman–Crippen MR) is 83.3 cm³/mol. The second-order valence-corrected chi connectivity index (χ2v) is 5.54. The Morgan fingerprint density at radius 1 is 1.05 bits per heavy atom. The molecule has 1 rings (SSSR count). The van der Waals surface area contributed by atoms with Crippen LogP contribution in [0.25, 0.3) is 0 Å². The number of benzene rings is 1. The maximum atomic E-state index is 3.45. The molecule has 1 aromatic rings. The zero-order valence-electron chi connectivity index (χ0n) is 12.9. The second kappa shape index (κ2) is 9.08. The molecular formula is C16H29N3. The largest absolute Gasteiger partial charge is 0.313 e. The molecule has 0 bridgehead atoms. The van der Waals surface area contributed by atoms with Crippen LogP contribution in [0.3, 0.4) is 0 Å². The standard InChI is InChI=1S/C16H29N3/c1-5-9-17-13-15-7-6-8-16(12-15)14-19(4)11-10-18(2)3/h6-8,12,17H,5,9-11,13-14H2,1-4H3. The van der Waals surface area contributed by atoms with Crippen molar-refractivity contribution in [2.75, 3.05) is 40.8 Å². The van der Waals surface area contributed by atoms with E-state index in [-0.39, 0.29) is 0 Å². The lowest BCUT2D eigenvalue weighted by atomic mass is 10.1. The number of nitrogens with one attached hydrogen (secondary N) is 1. The van der Waals surface area contributed by atoms with Crippen LogP contribution in [0.4, 0.5) is 0 Å². The van der Waals surface area contributed by atoms with Gasteiger partial charge in [-0.2, -0.15) is 0 Å². The van der Waals surface area contributed by atoms with Gasteiger partial charge in [0, 0.05) is 26.2 Å². The molecule has 0 unspecified atom stereocenters. The van der Waals surface area contributed by atoms with Gasteiger partial charge >= 0.3 is 0 Å². The van der Waals surface area contributed by atoms with Crippen molar-refractivity contribution >= 4 is 0 Å². The summed E-state index contributed by atoms with van der Waals surface area (Å²) in [5, 5.41) is 3.45. The molecule has 0 aromatic heterocycles. The summed E-state index contributed by atoms with van der Waals surface area (Å²) in [7, 11) is 6.42. The van der Waals surface area contributed by atoms with Gasteiger partial charge in [-0.05, 0) is 45.2 Å². The summed E-state index contributed by atoms with van der Waals surface area (Å²) < 4.78 is 0. The van der Waals surface area contributed by atoms with Crippen LogP contribution in [0.15, 0.2) is 24.3 Å². The molecule has 108 valence electrons. The average molecular weight is 263 g/mol. The van der Waals surface area contributed by atoms with Crippen LogP contribution >= 0.6 is 0 Å². The van der Waals surface area contributed by atoms with Gasteiger partial charge in [-0.25, -0.2) is 0 Å². The SMILES string of the molecule is CCCNCc1cccc(CN(C)CCN(C)C)c1. The molecule has 0 amide bonds. The molecule has 0 aliphatic rings. The zero-order valence-corrected chi connectivity index (χ0v) is 12.9. The minimum Gasteiger partial charge on any atom is -0.313 e. The smallest absolute Gasteiger partial charge is 0.0231 e. The number of hydrogen-bond donors (Lipinski definition) is 1. The lowest BCUT2D eigenvalue weighted by Gasteiger charge is -2.19. The van der Waals surface area contributed by atoms with E-state index in [0.29, 0.717) is 0 Å². The van der Waals surface area contributed by atoms with E-state index in [9.17, 15) is 0 Å². The van der Waals surface area contributed by atoms with Gasteiger partial charge in [0.05, 0.1) is 0 Å². The Morgan fingerprint density at radius 2 is 1.79 bits per heavy atom. The van der Waals surface area contributed by atoms with Crippen molar-refractivity contribution in [2.24, 2.45) is 0 Å². The molecule has 3 nitrogen and oxygen atoms in total. The fourth-order valence-electron chi connectivity index (χ4n) is 2.01. The summed E-state index contributed by atoms with van der Waals surface area (Å²) in [6, 6.07) is 8.90. The monoisotopic (exact) mass is 263 g/mol. The average Bonchev–Trinajstić information content (AvgIpc) is 2.37. The lowest BCUT2D eigenvalue weighted by Crippen LogP contribution is -2.28. The van der Waals surface area contributed by atoms with Gasteiger partial charge in [0.2, 0.25) is 0 Å². The first-order valence-corrected chi connectivity index (χ1v) is 7.23. The molecule has 0 saturated heterocycles. The van der Waals surface area contributed by atoms with E-state index in [2.05, 4.69) is 67.4 Å². The molecule has 0 atom stereocenters. The van der Waals surface area contributed by atoms with Crippen molar-refractivity contribution in [3.05, 3.63) is 35.4 Å². The first-order chi connectivity index (χ1) is 9.11. The summed E-state index contributed by atoms with van der Waals surface area (Å²) in [6.45, 7) is 7.49. The molecular weight excluding hydrogens is 234 g/mol. The molecule has 0 heterocycles. The summed E-state index contributed by atoms with van der Waals surface area (Å²) in [5.41, 5.74) is 2.78. The van der Waals surface area contributed by atoms with E-state index in [4.69, 9.17) is 0 Å². The van der Waals surface area contributed by atoms with Gasteiger partial charge in [0.25, 0.3) is 0 Å². The Hall–Kier alpha value is -0.900. The van der Waals surface area contributed by atoms with Gasteiger partial charge in [-0.1, -0.05) is 31.2 Å². The van der Waals surface area contributed by atoms with E-state index < -0.39 is 0 Å². The topological polar surface area (TPSA) is 18.5 Å². The Morgan fingerprint density at radius 3 is 2.47 bits per heavy atom. The molecule has 0 radical (unpaired) electrons. The van der Waals surface area contributed by atoms with E-state index in [1.165, 1.54) is 17.5 Å². The quantitative estimate of drug-likeness (QED) is 0.689. The third-order valence-electron chi connectivity index (χ3n) is 3.13. The summed E-state index contributed by atoms with van der Waals surface area (Å²) in [6.07, 6.45) is 1.19. The molecule has 19 heavy (non-hydrogen) atoms. The van der Waals surface area contributed by atoms with Crippen molar-refractivity contribution in [2.45, 2.75) is 26.4 Å². The van der Waals surface area contributed by atoms with E-state index in [1.54, 1.807) is 0 Å². The highest BCUT2D eigenvalue weighted by Crippen LogP contribution is 2.07. The number of nitrogens with zero attached hydrogens (tertiary/aromatic N) is 2. The zero-order chi connectivity index (χ0) is 14.1. The van der Waals surface area contributed by atoms with Gasteiger partial charge in [-0.15, -0.1) is 0 Å². The van der Waals surface area contributed by atoms with Crippen molar-refractivity contribution < 1.29 is 0 Å². The summed E-state index contributed by atoms with van der Waals surface area (Å²) >= 11 is 0. The predicted octanol–water partition coefficient (Wildman–Crippen LogP) is 2.18. The third kappa shape index (κ3) is 7.31. The molecule has 0 fully saturated rings. The Kier molecular flexibility index (Phi) is 7.72. The van der Waals surface area contributed by atoms with Crippen molar-refractivity contribution in [1.29, 1.82) is 0 Å². The Bertz CT molecular complexity index is 350. The Labute approximate surface area is 118 Å².